The third kappa shape index (κ3) is 3.97. The predicted octanol–water partition coefficient (Wildman–Crippen LogP) is 3.73. The largest absolute Gasteiger partial charge is 0.336 e. The van der Waals surface area contributed by atoms with E-state index in [-0.39, 0.29) is 17.7 Å². The molecule has 0 saturated carbocycles. The number of rotatable bonds is 5. The minimum atomic E-state index is -0.0379. The van der Waals surface area contributed by atoms with E-state index in [0.717, 1.165) is 23.5 Å². The third-order valence-corrected chi connectivity index (χ3v) is 5.00. The van der Waals surface area contributed by atoms with Gasteiger partial charge in [0.2, 0.25) is 5.91 Å². The van der Waals surface area contributed by atoms with Crippen molar-refractivity contribution in [2.75, 3.05) is 6.54 Å². The molecule has 1 saturated heterocycles. The average molecular weight is 340 g/mol. The van der Waals surface area contributed by atoms with Crippen LogP contribution in [0.1, 0.15) is 40.3 Å². The maximum Gasteiger partial charge on any atom is 0.246 e. The molecule has 1 aliphatic heterocycles. The standard InChI is InChI=1S/C19H20N2O2S/c1-14-20-16(13-24-14)9-10-19(23)21-11-5-8-17(21)12-18(22)15-6-3-2-4-7-15/h2-4,6-7,9-10,13,17H,5,8,11-12H2,1H3/b10-9+. The first kappa shape index (κ1) is 16.6. The van der Waals surface area contributed by atoms with E-state index in [1.54, 1.807) is 23.5 Å². The summed E-state index contributed by atoms with van der Waals surface area (Å²) in [6.07, 6.45) is 5.54. The second-order valence-corrected chi connectivity index (χ2v) is 7.01. The molecular formula is C19H20N2O2S. The van der Waals surface area contributed by atoms with Crippen LogP contribution in [-0.4, -0.2) is 34.2 Å². The first-order valence-electron chi connectivity index (χ1n) is 8.12. The van der Waals surface area contributed by atoms with E-state index in [1.165, 1.54) is 0 Å². The Morgan fingerprint density at radius 3 is 2.83 bits per heavy atom. The molecule has 1 fully saturated rings. The van der Waals surface area contributed by atoms with Crippen molar-refractivity contribution in [1.29, 1.82) is 0 Å². The second-order valence-electron chi connectivity index (χ2n) is 5.95. The Balaban J connectivity index is 1.63. The summed E-state index contributed by atoms with van der Waals surface area (Å²) in [5, 5.41) is 2.91. The normalized spacial score (nSPS) is 17.5. The molecule has 24 heavy (non-hydrogen) atoms. The van der Waals surface area contributed by atoms with Crippen LogP contribution in [0, 0.1) is 6.92 Å². The summed E-state index contributed by atoms with van der Waals surface area (Å²) in [6, 6.07) is 9.27. The Morgan fingerprint density at radius 2 is 2.12 bits per heavy atom. The van der Waals surface area contributed by atoms with Crippen LogP contribution in [0.4, 0.5) is 0 Å². The van der Waals surface area contributed by atoms with Crippen molar-refractivity contribution in [3.8, 4) is 0 Å². The van der Waals surface area contributed by atoms with Crippen LogP contribution in [0.25, 0.3) is 6.08 Å². The lowest BCUT2D eigenvalue weighted by atomic mass is 10.0. The number of Topliss-reactive ketones (excluding diaryl/α,β-unsaturated/α-hetero) is 1. The Bertz CT molecular complexity index is 752. The maximum atomic E-state index is 12.5. The zero-order valence-electron chi connectivity index (χ0n) is 13.6. The van der Waals surface area contributed by atoms with Gasteiger partial charge in [0, 0.05) is 36.0 Å². The first-order chi connectivity index (χ1) is 11.6. The van der Waals surface area contributed by atoms with Crippen LogP contribution < -0.4 is 0 Å². The smallest absolute Gasteiger partial charge is 0.246 e. The quantitative estimate of drug-likeness (QED) is 0.615. The summed E-state index contributed by atoms with van der Waals surface area (Å²) in [5.41, 5.74) is 1.52. The topological polar surface area (TPSA) is 50.3 Å². The summed E-state index contributed by atoms with van der Waals surface area (Å²) in [5.74, 6) is 0.0587. The average Bonchev–Trinajstić information content (AvgIpc) is 3.22. The lowest BCUT2D eigenvalue weighted by Crippen LogP contribution is -2.35. The summed E-state index contributed by atoms with van der Waals surface area (Å²) < 4.78 is 0. The molecule has 1 aromatic heterocycles. The van der Waals surface area contributed by atoms with E-state index < -0.39 is 0 Å². The fourth-order valence-electron chi connectivity index (χ4n) is 3.00. The van der Waals surface area contributed by atoms with E-state index >= 15 is 0 Å². The number of aromatic nitrogens is 1. The lowest BCUT2D eigenvalue weighted by Gasteiger charge is -2.22. The Kier molecular flexibility index (Phi) is 5.20. The number of carbonyl (C=O) groups excluding carboxylic acids is 2. The monoisotopic (exact) mass is 340 g/mol. The molecule has 0 N–H and O–H groups in total. The van der Waals surface area contributed by atoms with Gasteiger partial charge in [-0.3, -0.25) is 9.59 Å². The second kappa shape index (κ2) is 7.53. The number of hydrogen-bond acceptors (Lipinski definition) is 4. The maximum absolute atomic E-state index is 12.5. The zero-order chi connectivity index (χ0) is 16.9. The Morgan fingerprint density at radius 1 is 1.33 bits per heavy atom. The molecule has 3 rings (SSSR count). The van der Waals surface area contributed by atoms with Crippen molar-refractivity contribution in [3.63, 3.8) is 0 Å². The molecule has 0 radical (unpaired) electrons. The number of ketones is 1. The van der Waals surface area contributed by atoms with Crippen molar-refractivity contribution < 1.29 is 9.59 Å². The van der Waals surface area contributed by atoms with Gasteiger partial charge in [0.1, 0.15) is 0 Å². The highest BCUT2D eigenvalue weighted by Crippen LogP contribution is 2.22. The van der Waals surface area contributed by atoms with E-state index in [0.29, 0.717) is 18.5 Å². The highest BCUT2D eigenvalue weighted by molar-refractivity contribution is 7.09. The van der Waals surface area contributed by atoms with Crippen LogP contribution in [0.5, 0.6) is 0 Å². The highest BCUT2D eigenvalue weighted by atomic mass is 32.1. The molecule has 124 valence electrons. The van der Waals surface area contributed by atoms with E-state index in [1.807, 2.05) is 47.5 Å². The van der Waals surface area contributed by atoms with Gasteiger partial charge in [0.05, 0.1) is 10.7 Å². The van der Waals surface area contributed by atoms with Crippen molar-refractivity contribution in [2.24, 2.45) is 0 Å². The van der Waals surface area contributed by atoms with Gasteiger partial charge >= 0.3 is 0 Å². The number of hydrogen-bond donors (Lipinski definition) is 0. The van der Waals surface area contributed by atoms with Gasteiger partial charge < -0.3 is 4.90 Å². The van der Waals surface area contributed by atoms with Crippen molar-refractivity contribution in [1.82, 2.24) is 9.88 Å². The minimum Gasteiger partial charge on any atom is -0.336 e. The summed E-state index contributed by atoms with van der Waals surface area (Å²) in [4.78, 5) is 31.0. The Hall–Kier alpha value is -2.27. The number of thiazole rings is 1. The molecule has 0 spiro atoms. The van der Waals surface area contributed by atoms with Crippen LogP contribution in [-0.2, 0) is 4.79 Å². The highest BCUT2D eigenvalue weighted by Gasteiger charge is 2.29. The number of likely N-dealkylation sites (tertiary alicyclic amines) is 1. The van der Waals surface area contributed by atoms with Crippen LogP contribution in [0.15, 0.2) is 41.8 Å². The molecule has 2 heterocycles. The summed E-state index contributed by atoms with van der Waals surface area (Å²) in [6.45, 7) is 2.65. The molecule has 5 heteroatoms. The fourth-order valence-corrected chi connectivity index (χ4v) is 3.58. The van der Waals surface area contributed by atoms with E-state index in [2.05, 4.69) is 4.98 Å². The Labute approximate surface area is 145 Å². The number of aryl methyl sites for hydroxylation is 1. The molecule has 1 unspecified atom stereocenters. The van der Waals surface area contributed by atoms with Gasteiger partial charge in [-0.15, -0.1) is 11.3 Å². The predicted molar refractivity (Wildman–Crippen MR) is 96.0 cm³/mol. The third-order valence-electron chi connectivity index (χ3n) is 4.21. The van der Waals surface area contributed by atoms with Gasteiger partial charge in [-0.2, -0.15) is 0 Å². The minimum absolute atomic E-state index is 0.00738. The molecule has 1 aliphatic rings. The van der Waals surface area contributed by atoms with Crippen LogP contribution >= 0.6 is 11.3 Å². The number of amides is 1. The molecular weight excluding hydrogens is 320 g/mol. The molecule has 0 bridgehead atoms. The van der Waals surface area contributed by atoms with Gasteiger partial charge in [-0.05, 0) is 25.8 Å². The zero-order valence-corrected chi connectivity index (χ0v) is 14.5. The van der Waals surface area contributed by atoms with Crippen LogP contribution in [0.2, 0.25) is 0 Å². The SMILES string of the molecule is Cc1nc(/C=C/C(=O)N2CCCC2CC(=O)c2ccccc2)cs1. The van der Waals surface area contributed by atoms with Crippen molar-refractivity contribution in [2.45, 2.75) is 32.2 Å². The van der Waals surface area contributed by atoms with E-state index in [9.17, 15) is 9.59 Å². The van der Waals surface area contributed by atoms with Gasteiger partial charge in [0.25, 0.3) is 0 Å². The number of benzene rings is 1. The van der Waals surface area contributed by atoms with Crippen molar-refractivity contribution in [3.05, 3.63) is 58.1 Å². The molecule has 0 aliphatic carbocycles. The van der Waals surface area contributed by atoms with Gasteiger partial charge in [-0.1, -0.05) is 30.3 Å². The lowest BCUT2D eigenvalue weighted by molar-refractivity contribution is -0.126. The molecule has 1 atom stereocenters. The first-order valence-corrected chi connectivity index (χ1v) is 9.00. The van der Waals surface area contributed by atoms with E-state index in [4.69, 9.17) is 0 Å². The summed E-state index contributed by atoms with van der Waals surface area (Å²) in [7, 11) is 0. The fraction of sp³-hybridized carbons (Fsp3) is 0.316. The molecule has 1 aromatic carbocycles. The molecule has 1 amide bonds. The molecule has 2 aromatic rings. The van der Waals surface area contributed by atoms with Gasteiger partial charge in [-0.25, -0.2) is 4.98 Å². The number of nitrogens with zero attached hydrogens (tertiary/aromatic N) is 2. The van der Waals surface area contributed by atoms with Crippen molar-refractivity contribution >= 4 is 29.1 Å². The summed E-state index contributed by atoms with van der Waals surface area (Å²) >= 11 is 1.56. The van der Waals surface area contributed by atoms with Crippen LogP contribution in [0.3, 0.4) is 0 Å². The van der Waals surface area contributed by atoms with Gasteiger partial charge in [0.15, 0.2) is 5.78 Å². The molecule has 4 nitrogen and oxygen atoms in total. The number of carbonyl (C=O) groups is 2.